The van der Waals surface area contributed by atoms with E-state index in [1.165, 1.54) is 7.11 Å². The first kappa shape index (κ1) is 17.3. The lowest BCUT2D eigenvalue weighted by atomic mass is 9.79. The number of carbonyl (C=O) groups excluding carboxylic acids is 1. The van der Waals surface area contributed by atoms with E-state index in [4.69, 9.17) is 21.1 Å². The number of hydrogen-bond donors (Lipinski definition) is 1. The average molecular weight is 315 g/mol. The number of esters is 1. The molecular formula is C15H19ClO5. The Hall–Kier alpha value is -1.75. The van der Waals surface area contributed by atoms with Crippen molar-refractivity contribution in [1.82, 2.24) is 0 Å². The van der Waals surface area contributed by atoms with Gasteiger partial charge in [-0.3, -0.25) is 9.59 Å². The molecule has 5 nitrogen and oxygen atoms in total. The van der Waals surface area contributed by atoms with E-state index < -0.39 is 17.4 Å². The predicted octanol–water partition coefficient (Wildman–Crippen LogP) is 2.94. The van der Waals surface area contributed by atoms with Gasteiger partial charge in [-0.05, 0) is 37.1 Å². The fourth-order valence-corrected chi connectivity index (χ4v) is 2.33. The van der Waals surface area contributed by atoms with Gasteiger partial charge >= 0.3 is 11.9 Å². The predicted molar refractivity (Wildman–Crippen MR) is 78.7 cm³/mol. The first-order valence-electron chi connectivity index (χ1n) is 6.64. The van der Waals surface area contributed by atoms with Crippen LogP contribution in [0.25, 0.3) is 0 Å². The minimum Gasteiger partial charge on any atom is -0.496 e. The van der Waals surface area contributed by atoms with Gasteiger partial charge in [-0.25, -0.2) is 0 Å². The summed E-state index contributed by atoms with van der Waals surface area (Å²) in [7, 11) is 1.48. The lowest BCUT2D eigenvalue weighted by Crippen LogP contribution is -2.42. The van der Waals surface area contributed by atoms with Crippen LogP contribution in [0.3, 0.4) is 0 Å². The molecule has 0 spiro atoms. The molecule has 1 N–H and O–H groups in total. The fraction of sp³-hybridized carbons (Fsp3) is 0.467. The zero-order valence-electron chi connectivity index (χ0n) is 12.3. The lowest BCUT2D eigenvalue weighted by Gasteiger charge is -2.26. The van der Waals surface area contributed by atoms with Crippen molar-refractivity contribution in [2.75, 3.05) is 13.7 Å². The van der Waals surface area contributed by atoms with E-state index in [0.29, 0.717) is 16.3 Å². The summed E-state index contributed by atoms with van der Waals surface area (Å²) in [4.78, 5) is 23.8. The quantitative estimate of drug-likeness (QED) is 0.619. The third kappa shape index (κ3) is 3.67. The summed E-state index contributed by atoms with van der Waals surface area (Å²) in [5.74, 6) is -1.48. The number of carboxylic acids is 1. The summed E-state index contributed by atoms with van der Waals surface area (Å²) in [5.41, 5.74) is -1.09. The number of benzene rings is 1. The molecule has 1 atom stereocenters. The Kier molecular flexibility index (Phi) is 6.03. The highest BCUT2D eigenvalue weighted by atomic mass is 35.5. The van der Waals surface area contributed by atoms with Crippen LogP contribution in [-0.4, -0.2) is 30.8 Å². The van der Waals surface area contributed by atoms with Gasteiger partial charge in [0, 0.05) is 11.4 Å². The van der Waals surface area contributed by atoms with Crippen molar-refractivity contribution < 1.29 is 24.2 Å². The lowest BCUT2D eigenvalue weighted by molar-refractivity contribution is -0.168. The number of methoxy groups -OCH3 is 1. The maximum atomic E-state index is 12.1. The number of carboxylic acid groups (broad SMARTS) is 1. The Morgan fingerprint density at radius 1 is 1.33 bits per heavy atom. The third-order valence-electron chi connectivity index (χ3n) is 3.41. The highest BCUT2D eigenvalue weighted by molar-refractivity contribution is 6.30. The third-order valence-corrected chi connectivity index (χ3v) is 3.65. The van der Waals surface area contributed by atoms with Crippen LogP contribution in [0.15, 0.2) is 18.2 Å². The number of ether oxygens (including phenoxy) is 2. The molecule has 1 unspecified atom stereocenters. The van der Waals surface area contributed by atoms with Gasteiger partial charge in [0.1, 0.15) is 5.75 Å². The summed E-state index contributed by atoms with van der Waals surface area (Å²) >= 11 is 5.95. The molecule has 0 aliphatic heterocycles. The Balaban J connectivity index is 3.27. The molecule has 116 valence electrons. The van der Waals surface area contributed by atoms with E-state index in [9.17, 15) is 14.7 Å². The highest BCUT2D eigenvalue weighted by Crippen LogP contribution is 2.34. The van der Waals surface area contributed by atoms with E-state index in [1.54, 1.807) is 32.0 Å². The van der Waals surface area contributed by atoms with E-state index in [1.807, 2.05) is 0 Å². The molecule has 1 aromatic carbocycles. The number of aliphatic carboxylic acids is 1. The van der Waals surface area contributed by atoms with E-state index in [0.717, 1.165) is 0 Å². The Morgan fingerprint density at radius 3 is 2.48 bits per heavy atom. The maximum absolute atomic E-state index is 12.1. The van der Waals surface area contributed by atoms with E-state index >= 15 is 0 Å². The van der Waals surface area contributed by atoms with Crippen molar-refractivity contribution in [3.63, 3.8) is 0 Å². The van der Waals surface area contributed by atoms with Crippen molar-refractivity contribution in [2.45, 2.75) is 26.7 Å². The van der Waals surface area contributed by atoms with Crippen molar-refractivity contribution in [3.8, 4) is 5.75 Å². The van der Waals surface area contributed by atoms with Crippen molar-refractivity contribution in [3.05, 3.63) is 28.8 Å². The standard InChI is InChI=1S/C15H19ClO5/c1-4-15(13(17)18,14(19)21-5-2)9-10-8-11(16)6-7-12(10)20-3/h6-8H,4-5,9H2,1-3H3,(H,17,18). The number of halogens is 1. The minimum atomic E-state index is -1.64. The second-order valence-corrected chi connectivity index (χ2v) is 5.03. The van der Waals surface area contributed by atoms with Gasteiger partial charge in [0.05, 0.1) is 13.7 Å². The van der Waals surface area contributed by atoms with Crippen molar-refractivity contribution >= 4 is 23.5 Å². The van der Waals surface area contributed by atoms with Crippen LogP contribution in [0, 0.1) is 5.41 Å². The molecule has 0 saturated carbocycles. The van der Waals surface area contributed by atoms with Crippen LogP contribution >= 0.6 is 11.6 Å². The number of hydrogen-bond acceptors (Lipinski definition) is 4. The zero-order chi connectivity index (χ0) is 16.0. The van der Waals surface area contributed by atoms with Crippen LogP contribution in [-0.2, 0) is 20.7 Å². The Morgan fingerprint density at radius 2 is 2.00 bits per heavy atom. The van der Waals surface area contributed by atoms with Gasteiger partial charge in [0.2, 0.25) is 0 Å². The van der Waals surface area contributed by atoms with Crippen LogP contribution in [0.1, 0.15) is 25.8 Å². The molecule has 6 heteroatoms. The molecule has 0 amide bonds. The van der Waals surface area contributed by atoms with E-state index in [-0.39, 0.29) is 19.4 Å². The monoisotopic (exact) mass is 314 g/mol. The first-order chi connectivity index (χ1) is 9.91. The molecular weight excluding hydrogens is 296 g/mol. The van der Waals surface area contributed by atoms with Crippen molar-refractivity contribution in [2.24, 2.45) is 5.41 Å². The van der Waals surface area contributed by atoms with Crippen LogP contribution < -0.4 is 4.74 Å². The van der Waals surface area contributed by atoms with Crippen LogP contribution in [0.2, 0.25) is 5.02 Å². The fourth-order valence-electron chi connectivity index (χ4n) is 2.14. The molecule has 1 rings (SSSR count). The summed E-state index contributed by atoms with van der Waals surface area (Å²) < 4.78 is 10.1. The second-order valence-electron chi connectivity index (χ2n) is 4.59. The first-order valence-corrected chi connectivity index (χ1v) is 7.02. The van der Waals surface area contributed by atoms with Crippen LogP contribution in [0.4, 0.5) is 0 Å². The average Bonchev–Trinajstić information content (AvgIpc) is 2.44. The summed E-state index contributed by atoms with van der Waals surface area (Å²) in [6, 6.07) is 4.89. The van der Waals surface area contributed by atoms with Gasteiger partial charge in [0.15, 0.2) is 5.41 Å². The summed E-state index contributed by atoms with van der Waals surface area (Å²) in [5, 5.41) is 9.99. The Labute approximate surface area is 128 Å². The molecule has 0 saturated heterocycles. The Bertz CT molecular complexity index is 529. The summed E-state index contributed by atoms with van der Waals surface area (Å²) in [6.07, 6.45) is 0.0677. The molecule has 0 aromatic heterocycles. The molecule has 0 aliphatic carbocycles. The topological polar surface area (TPSA) is 72.8 Å². The molecule has 0 fully saturated rings. The van der Waals surface area contributed by atoms with E-state index in [2.05, 4.69) is 0 Å². The normalized spacial score (nSPS) is 13.3. The highest BCUT2D eigenvalue weighted by Gasteiger charge is 2.46. The van der Waals surface area contributed by atoms with Gasteiger partial charge < -0.3 is 14.6 Å². The summed E-state index contributed by atoms with van der Waals surface area (Å²) in [6.45, 7) is 3.41. The minimum absolute atomic E-state index is 0.0403. The zero-order valence-corrected chi connectivity index (χ0v) is 13.1. The van der Waals surface area contributed by atoms with Crippen LogP contribution in [0.5, 0.6) is 5.75 Å². The van der Waals surface area contributed by atoms with Gasteiger partial charge in [0.25, 0.3) is 0 Å². The smallest absolute Gasteiger partial charge is 0.323 e. The van der Waals surface area contributed by atoms with Gasteiger partial charge in [-0.2, -0.15) is 0 Å². The SMILES string of the molecule is CCOC(=O)C(CC)(Cc1cc(Cl)ccc1OC)C(=O)O. The van der Waals surface area contributed by atoms with Gasteiger partial charge in [-0.1, -0.05) is 18.5 Å². The molecule has 0 heterocycles. The second kappa shape index (κ2) is 7.31. The maximum Gasteiger partial charge on any atom is 0.323 e. The largest absolute Gasteiger partial charge is 0.496 e. The van der Waals surface area contributed by atoms with Gasteiger partial charge in [-0.15, -0.1) is 0 Å². The molecule has 0 radical (unpaired) electrons. The van der Waals surface area contributed by atoms with Crippen molar-refractivity contribution in [1.29, 1.82) is 0 Å². The molecule has 1 aromatic rings. The number of carbonyl (C=O) groups is 2. The number of rotatable bonds is 7. The molecule has 0 bridgehead atoms. The molecule has 0 aliphatic rings. The molecule has 21 heavy (non-hydrogen) atoms.